The monoisotopic (exact) mass is 309 g/mol. The normalized spacial score (nSPS) is 13.8. The van der Waals surface area contributed by atoms with Crippen molar-refractivity contribution < 1.29 is 4.79 Å². The lowest BCUT2D eigenvalue weighted by Gasteiger charge is -2.26. The van der Waals surface area contributed by atoms with Gasteiger partial charge < -0.3 is 5.32 Å². The standard InChI is InChI=1S/C17H19N5O/c1-21-13-16(19-20-21)17(23)18-9-4-5-10-22-11-8-14-6-2-3-7-15(14)12-22/h2-3,6-7,13H,8-12H2,1H3,(H,18,23). The molecule has 6 heteroatoms. The SMILES string of the molecule is Cn1cc(C(=O)NCC#CCN2CCc3ccccc3C2)nn1. The van der Waals surface area contributed by atoms with Crippen LogP contribution < -0.4 is 5.32 Å². The van der Waals surface area contributed by atoms with E-state index >= 15 is 0 Å². The Bertz CT molecular complexity index is 756. The van der Waals surface area contributed by atoms with Crippen molar-refractivity contribution in [1.29, 1.82) is 0 Å². The molecular formula is C17H19N5O. The van der Waals surface area contributed by atoms with Crippen molar-refractivity contribution >= 4 is 5.91 Å². The first-order valence-electron chi connectivity index (χ1n) is 7.62. The number of aryl methyl sites for hydroxylation is 1. The van der Waals surface area contributed by atoms with Gasteiger partial charge >= 0.3 is 0 Å². The summed E-state index contributed by atoms with van der Waals surface area (Å²) < 4.78 is 1.49. The van der Waals surface area contributed by atoms with Crippen LogP contribution in [0.3, 0.4) is 0 Å². The highest BCUT2D eigenvalue weighted by Gasteiger charge is 2.14. The molecule has 23 heavy (non-hydrogen) atoms. The zero-order valence-electron chi connectivity index (χ0n) is 13.1. The largest absolute Gasteiger partial charge is 0.340 e. The number of nitrogens with one attached hydrogen (secondary N) is 1. The zero-order valence-corrected chi connectivity index (χ0v) is 13.1. The van der Waals surface area contributed by atoms with Crippen molar-refractivity contribution in [2.24, 2.45) is 7.05 Å². The van der Waals surface area contributed by atoms with Crippen molar-refractivity contribution in [2.75, 3.05) is 19.6 Å². The van der Waals surface area contributed by atoms with Crippen LogP contribution in [0.5, 0.6) is 0 Å². The van der Waals surface area contributed by atoms with Crippen LogP contribution in [0.4, 0.5) is 0 Å². The topological polar surface area (TPSA) is 63.1 Å². The maximum atomic E-state index is 11.8. The second-order valence-corrected chi connectivity index (χ2v) is 5.54. The highest BCUT2D eigenvalue weighted by molar-refractivity contribution is 5.91. The van der Waals surface area contributed by atoms with Crippen LogP contribution in [0.25, 0.3) is 0 Å². The van der Waals surface area contributed by atoms with E-state index in [2.05, 4.69) is 56.6 Å². The Hall–Kier alpha value is -2.65. The van der Waals surface area contributed by atoms with E-state index in [4.69, 9.17) is 0 Å². The molecule has 0 spiro atoms. The van der Waals surface area contributed by atoms with Gasteiger partial charge in [-0.3, -0.25) is 14.4 Å². The summed E-state index contributed by atoms with van der Waals surface area (Å²) in [6.45, 7) is 3.00. The minimum absolute atomic E-state index is 0.251. The first kappa shape index (κ1) is 15.3. The third-order valence-corrected chi connectivity index (χ3v) is 3.81. The number of amides is 1. The summed E-state index contributed by atoms with van der Waals surface area (Å²) in [6.07, 6.45) is 2.65. The van der Waals surface area contributed by atoms with Crippen molar-refractivity contribution in [3.8, 4) is 11.8 Å². The fraction of sp³-hybridized carbons (Fsp3) is 0.353. The van der Waals surface area contributed by atoms with Crippen LogP contribution in [0.15, 0.2) is 30.5 Å². The fourth-order valence-corrected chi connectivity index (χ4v) is 2.59. The average molecular weight is 309 g/mol. The molecule has 1 N–H and O–H groups in total. The second-order valence-electron chi connectivity index (χ2n) is 5.54. The molecule has 6 nitrogen and oxygen atoms in total. The lowest BCUT2D eigenvalue weighted by atomic mass is 10.0. The van der Waals surface area contributed by atoms with Gasteiger partial charge in [0, 0.05) is 20.1 Å². The van der Waals surface area contributed by atoms with E-state index in [0.717, 1.165) is 26.1 Å². The maximum absolute atomic E-state index is 11.8. The van der Waals surface area contributed by atoms with Crippen LogP contribution in [-0.2, 0) is 20.0 Å². The molecule has 0 fully saturated rings. The first-order valence-corrected chi connectivity index (χ1v) is 7.62. The van der Waals surface area contributed by atoms with Gasteiger partial charge in [0.2, 0.25) is 0 Å². The molecular weight excluding hydrogens is 290 g/mol. The summed E-state index contributed by atoms with van der Waals surface area (Å²) in [5.74, 6) is 5.85. The maximum Gasteiger partial charge on any atom is 0.274 e. The van der Waals surface area contributed by atoms with Gasteiger partial charge in [0.25, 0.3) is 5.91 Å². The average Bonchev–Trinajstić information content (AvgIpc) is 3.01. The lowest BCUT2D eigenvalue weighted by molar-refractivity contribution is 0.0953. The van der Waals surface area contributed by atoms with Crippen molar-refractivity contribution in [1.82, 2.24) is 25.2 Å². The summed E-state index contributed by atoms with van der Waals surface area (Å²) in [5.41, 5.74) is 3.13. The smallest absolute Gasteiger partial charge is 0.274 e. The van der Waals surface area contributed by atoms with Gasteiger partial charge in [0.1, 0.15) is 0 Å². The van der Waals surface area contributed by atoms with Crippen molar-refractivity contribution in [2.45, 2.75) is 13.0 Å². The molecule has 2 heterocycles. The Morgan fingerprint density at radius 1 is 1.30 bits per heavy atom. The molecule has 0 saturated heterocycles. The Morgan fingerprint density at radius 2 is 2.13 bits per heavy atom. The van der Waals surface area contributed by atoms with Gasteiger partial charge in [0.15, 0.2) is 5.69 Å². The molecule has 0 unspecified atom stereocenters. The molecule has 0 bridgehead atoms. The van der Waals surface area contributed by atoms with Gasteiger partial charge in [-0.05, 0) is 17.5 Å². The van der Waals surface area contributed by atoms with E-state index in [9.17, 15) is 4.79 Å². The lowest BCUT2D eigenvalue weighted by Crippen LogP contribution is -2.31. The quantitative estimate of drug-likeness (QED) is 0.844. The number of fused-ring (bicyclic) bond motifs is 1. The van der Waals surface area contributed by atoms with Crippen LogP contribution >= 0.6 is 0 Å². The highest BCUT2D eigenvalue weighted by atomic mass is 16.1. The van der Waals surface area contributed by atoms with E-state index < -0.39 is 0 Å². The van der Waals surface area contributed by atoms with Crippen LogP contribution in [-0.4, -0.2) is 45.4 Å². The van der Waals surface area contributed by atoms with E-state index in [1.54, 1.807) is 13.2 Å². The first-order chi connectivity index (χ1) is 11.2. The number of hydrogen-bond acceptors (Lipinski definition) is 4. The molecule has 2 aromatic rings. The molecule has 118 valence electrons. The summed E-state index contributed by atoms with van der Waals surface area (Å²) in [4.78, 5) is 14.1. The molecule has 1 aromatic carbocycles. The Morgan fingerprint density at radius 3 is 2.91 bits per heavy atom. The predicted molar refractivity (Wildman–Crippen MR) is 86.5 cm³/mol. The third kappa shape index (κ3) is 3.96. The summed E-state index contributed by atoms with van der Waals surface area (Å²) in [7, 11) is 1.72. The summed E-state index contributed by atoms with van der Waals surface area (Å²) in [6, 6.07) is 8.54. The Labute approximate surface area is 135 Å². The summed E-state index contributed by atoms with van der Waals surface area (Å²) >= 11 is 0. The number of carbonyl (C=O) groups is 1. The molecule has 0 atom stereocenters. The van der Waals surface area contributed by atoms with Crippen molar-refractivity contribution in [3.05, 3.63) is 47.3 Å². The van der Waals surface area contributed by atoms with Crippen LogP contribution in [0.1, 0.15) is 21.6 Å². The van der Waals surface area contributed by atoms with Gasteiger partial charge in [-0.1, -0.05) is 41.3 Å². The number of benzene rings is 1. The minimum Gasteiger partial charge on any atom is -0.340 e. The van der Waals surface area contributed by atoms with Gasteiger partial charge in [0.05, 0.1) is 19.3 Å². The number of aromatic nitrogens is 3. The van der Waals surface area contributed by atoms with E-state index in [1.807, 2.05) is 0 Å². The molecule has 0 radical (unpaired) electrons. The predicted octanol–water partition coefficient (Wildman–Crippen LogP) is 0.607. The van der Waals surface area contributed by atoms with Gasteiger partial charge in [-0.25, -0.2) is 0 Å². The third-order valence-electron chi connectivity index (χ3n) is 3.81. The Balaban J connectivity index is 1.43. The molecule has 1 amide bonds. The van der Waals surface area contributed by atoms with E-state index in [-0.39, 0.29) is 5.91 Å². The number of carbonyl (C=O) groups excluding carboxylic acids is 1. The molecule has 0 aliphatic carbocycles. The number of rotatable bonds is 3. The molecule has 0 saturated carbocycles. The molecule has 1 aromatic heterocycles. The Kier molecular flexibility index (Phi) is 4.69. The van der Waals surface area contributed by atoms with Crippen LogP contribution in [0.2, 0.25) is 0 Å². The van der Waals surface area contributed by atoms with Gasteiger partial charge in [-0.2, -0.15) is 0 Å². The van der Waals surface area contributed by atoms with Gasteiger partial charge in [-0.15, -0.1) is 5.10 Å². The van der Waals surface area contributed by atoms with Crippen molar-refractivity contribution in [3.63, 3.8) is 0 Å². The second kappa shape index (κ2) is 7.07. The van der Waals surface area contributed by atoms with Crippen LogP contribution in [0, 0.1) is 11.8 Å². The minimum atomic E-state index is -0.251. The van der Waals surface area contributed by atoms with E-state index in [0.29, 0.717) is 12.2 Å². The highest BCUT2D eigenvalue weighted by Crippen LogP contribution is 2.17. The molecule has 3 rings (SSSR count). The molecule has 1 aliphatic heterocycles. The summed E-state index contributed by atoms with van der Waals surface area (Å²) in [5, 5.41) is 10.2. The molecule has 1 aliphatic rings. The fourth-order valence-electron chi connectivity index (χ4n) is 2.59. The zero-order chi connectivity index (χ0) is 16.1. The number of nitrogens with zero attached hydrogens (tertiary/aromatic N) is 4. The van der Waals surface area contributed by atoms with E-state index in [1.165, 1.54) is 15.8 Å². The number of hydrogen-bond donors (Lipinski definition) is 1.